The minimum Gasteiger partial charge on any atom is -0.489 e. The number of H-pyrrole nitrogens is 1. The zero-order valence-corrected chi connectivity index (χ0v) is 19.6. The van der Waals surface area contributed by atoms with Crippen LogP contribution in [0.2, 0.25) is 0 Å². The maximum Gasteiger partial charge on any atom is 0.417 e. The smallest absolute Gasteiger partial charge is 0.417 e. The van der Waals surface area contributed by atoms with E-state index in [1.165, 1.54) is 18.2 Å². The van der Waals surface area contributed by atoms with Crippen LogP contribution < -0.4 is 9.64 Å². The number of hydrogen-bond acceptors (Lipinski definition) is 5. The summed E-state index contributed by atoms with van der Waals surface area (Å²) >= 11 is 0. The molecule has 0 amide bonds. The van der Waals surface area contributed by atoms with Gasteiger partial charge in [0.25, 0.3) is 0 Å². The monoisotopic (exact) mass is 487 g/mol. The number of carbonyl (C=O) groups is 1. The van der Waals surface area contributed by atoms with Crippen LogP contribution in [-0.4, -0.2) is 35.6 Å². The van der Waals surface area contributed by atoms with Gasteiger partial charge in [-0.05, 0) is 61.9 Å². The Kier molecular flexibility index (Phi) is 6.34. The molecule has 9 heteroatoms. The molecule has 0 spiro atoms. The van der Waals surface area contributed by atoms with Crippen LogP contribution in [0.1, 0.15) is 60.9 Å². The molecule has 1 aliphatic carbocycles. The molecule has 3 heterocycles. The molecule has 186 valence electrons. The van der Waals surface area contributed by atoms with Gasteiger partial charge in [0.15, 0.2) is 0 Å². The summed E-state index contributed by atoms with van der Waals surface area (Å²) in [4.78, 5) is 20.7. The molecule has 35 heavy (non-hydrogen) atoms. The summed E-state index contributed by atoms with van der Waals surface area (Å²) in [6.45, 7) is 3.38. The molecule has 5 rings (SSSR count). The average Bonchev–Trinajstić information content (AvgIpc) is 3.55. The van der Waals surface area contributed by atoms with Gasteiger partial charge in [-0.15, -0.1) is 0 Å². The molecule has 2 aromatic heterocycles. The lowest BCUT2D eigenvalue weighted by atomic mass is 10.0. The van der Waals surface area contributed by atoms with Crippen LogP contribution in [0.5, 0.6) is 5.75 Å². The van der Waals surface area contributed by atoms with Gasteiger partial charge >= 0.3 is 12.1 Å². The Balaban J connectivity index is 1.35. The minimum atomic E-state index is -4.46. The largest absolute Gasteiger partial charge is 0.489 e. The van der Waals surface area contributed by atoms with Gasteiger partial charge in [0, 0.05) is 54.3 Å². The average molecular weight is 488 g/mol. The summed E-state index contributed by atoms with van der Waals surface area (Å²) in [5.41, 5.74) is 3.07. The van der Waals surface area contributed by atoms with Gasteiger partial charge in [0.1, 0.15) is 18.2 Å². The van der Waals surface area contributed by atoms with E-state index in [4.69, 9.17) is 9.47 Å². The number of fused-ring (bicyclic) bond motifs is 3. The normalized spacial score (nSPS) is 17.7. The predicted molar refractivity (Wildman–Crippen MR) is 126 cm³/mol. The standard InChI is InChI=1S/C26H28F3N3O3/c1-16(33)34-11-8-17-4-6-21-22-13-20(5-7-23(22)31-24(17)21)35-15-18-12-19(26(27,28)29)14-30-25(18)32-9-2-3-10-32/h5,7,12-14,17,31H,2-4,6,8-11,15H2,1H3. The number of anilines is 1. The van der Waals surface area contributed by atoms with Gasteiger partial charge in [-0.2, -0.15) is 13.2 Å². The second-order valence-corrected chi connectivity index (χ2v) is 9.28. The zero-order chi connectivity index (χ0) is 24.6. The Morgan fingerprint density at radius 1 is 1.23 bits per heavy atom. The van der Waals surface area contributed by atoms with Gasteiger partial charge < -0.3 is 19.4 Å². The summed E-state index contributed by atoms with van der Waals surface area (Å²) in [5, 5.41) is 1.06. The Labute approximate surface area is 201 Å². The highest BCUT2D eigenvalue weighted by molar-refractivity contribution is 5.87. The van der Waals surface area contributed by atoms with Gasteiger partial charge in [-0.25, -0.2) is 4.98 Å². The van der Waals surface area contributed by atoms with Crippen molar-refractivity contribution < 1.29 is 27.4 Å². The topological polar surface area (TPSA) is 67.5 Å². The Morgan fingerprint density at radius 2 is 2.03 bits per heavy atom. The van der Waals surface area contributed by atoms with Crippen molar-refractivity contribution in [1.82, 2.24) is 9.97 Å². The summed E-state index contributed by atoms with van der Waals surface area (Å²) in [6.07, 6.45) is 1.12. The molecule has 1 aliphatic heterocycles. The molecular weight excluding hydrogens is 459 g/mol. The number of esters is 1. The van der Waals surface area contributed by atoms with Crippen molar-refractivity contribution in [3.8, 4) is 5.75 Å². The van der Waals surface area contributed by atoms with Crippen molar-refractivity contribution in [2.24, 2.45) is 0 Å². The first-order valence-corrected chi connectivity index (χ1v) is 12.0. The number of halogens is 3. The molecule has 1 saturated heterocycles. The molecule has 3 aromatic rings. The number of aromatic nitrogens is 2. The Hall–Kier alpha value is -3.23. The van der Waals surface area contributed by atoms with Gasteiger partial charge in [0.05, 0.1) is 12.2 Å². The highest BCUT2D eigenvalue weighted by Crippen LogP contribution is 2.40. The van der Waals surface area contributed by atoms with E-state index in [1.807, 2.05) is 23.1 Å². The van der Waals surface area contributed by atoms with Crippen LogP contribution in [0.15, 0.2) is 30.5 Å². The molecule has 0 bridgehead atoms. The maximum atomic E-state index is 13.3. The number of ether oxygens (including phenoxy) is 2. The Morgan fingerprint density at radius 3 is 2.77 bits per heavy atom. The van der Waals surface area contributed by atoms with E-state index in [-0.39, 0.29) is 12.6 Å². The number of benzene rings is 1. The van der Waals surface area contributed by atoms with E-state index in [2.05, 4.69) is 9.97 Å². The lowest BCUT2D eigenvalue weighted by molar-refractivity contribution is -0.141. The fourth-order valence-electron chi connectivity index (χ4n) is 5.19. The molecule has 1 aromatic carbocycles. The zero-order valence-electron chi connectivity index (χ0n) is 19.6. The van der Waals surface area contributed by atoms with Crippen LogP contribution in [-0.2, 0) is 28.7 Å². The molecule has 0 saturated carbocycles. The Bertz CT molecular complexity index is 1230. The third kappa shape index (κ3) is 4.94. The first-order valence-electron chi connectivity index (χ1n) is 12.0. The molecule has 1 N–H and O–H groups in total. The fraction of sp³-hybridized carbons (Fsp3) is 0.462. The van der Waals surface area contributed by atoms with Crippen LogP contribution in [0, 0.1) is 0 Å². The van der Waals surface area contributed by atoms with Crippen LogP contribution in [0.4, 0.5) is 19.0 Å². The number of nitrogens with zero attached hydrogens (tertiary/aromatic N) is 2. The molecule has 6 nitrogen and oxygen atoms in total. The quantitative estimate of drug-likeness (QED) is 0.430. The number of aryl methyl sites for hydroxylation is 1. The van der Waals surface area contributed by atoms with E-state index in [9.17, 15) is 18.0 Å². The second-order valence-electron chi connectivity index (χ2n) is 9.28. The van der Waals surface area contributed by atoms with Crippen molar-refractivity contribution in [2.75, 3.05) is 24.6 Å². The van der Waals surface area contributed by atoms with E-state index in [1.54, 1.807) is 0 Å². The van der Waals surface area contributed by atoms with Gasteiger partial charge in [-0.1, -0.05) is 0 Å². The highest BCUT2D eigenvalue weighted by Gasteiger charge is 2.32. The molecule has 0 radical (unpaired) electrons. The van der Waals surface area contributed by atoms with Crippen LogP contribution in [0.25, 0.3) is 10.9 Å². The van der Waals surface area contributed by atoms with Crippen LogP contribution >= 0.6 is 0 Å². The molecule has 1 atom stereocenters. The molecule has 1 unspecified atom stereocenters. The van der Waals surface area contributed by atoms with E-state index < -0.39 is 11.7 Å². The summed E-state index contributed by atoms with van der Waals surface area (Å²) in [6, 6.07) is 6.88. The van der Waals surface area contributed by atoms with Crippen molar-refractivity contribution in [3.05, 3.63) is 52.8 Å². The maximum absolute atomic E-state index is 13.3. The first kappa shape index (κ1) is 23.5. The third-order valence-electron chi connectivity index (χ3n) is 6.90. The van der Waals surface area contributed by atoms with Gasteiger partial charge in [-0.3, -0.25) is 4.79 Å². The summed E-state index contributed by atoms with van der Waals surface area (Å²) in [7, 11) is 0. The summed E-state index contributed by atoms with van der Waals surface area (Å²) < 4.78 is 51.1. The third-order valence-corrected chi connectivity index (χ3v) is 6.90. The van der Waals surface area contributed by atoms with E-state index >= 15 is 0 Å². The number of alkyl halides is 3. The van der Waals surface area contributed by atoms with Crippen molar-refractivity contribution in [2.45, 2.75) is 57.7 Å². The van der Waals surface area contributed by atoms with Crippen molar-refractivity contribution in [3.63, 3.8) is 0 Å². The number of hydrogen-bond donors (Lipinski definition) is 1. The molecule has 2 aliphatic rings. The number of nitrogens with one attached hydrogen (secondary N) is 1. The highest BCUT2D eigenvalue weighted by atomic mass is 19.4. The van der Waals surface area contributed by atoms with E-state index in [0.717, 1.165) is 68.4 Å². The van der Waals surface area contributed by atoms with Crippen molar-refractivity contribution >= 4 is 22.7 Å². The second kappa shape index (κ2) is 9.43. The molecular formula is C26H28F3N3O3. The number of pyridine rings is 1. The lowest BCUT2D eigenvalue weighted by Crippen LogP contribution is -2.22. The number of carbonyl (C=O) groups excluding carboxylic acids is 1. The predicted octanol–water partition coefficient (Wildman–Crippen LogP) is 5.74. The number of aromatic amines is 1. The molecule has 1 fully saturated rings. The van der Waals surface area contributed by atoms with Gasteiger partial charge in [0.2, 0.25) is 0 Å². The van der Waals surface area contributed by atoms with E-state index in [0.29, 0.717) is 29.7 Å². The fourth-order valence-corrected chi connectivity index (χ4v) is 5.19. The number of rotatable bonds is 7. The lowest BCUT2D eigenvalue weighted by Gasteiger charge is -2.21. The SMILES string of the molecule is CC(=O)OCCC1CCc2c1[nH]c1ccc(OCc3cc(C(F)(F)F)cnc3N3CCCC3)cc21. The minimum absolute atomic E-state index is 0.00584. The van der Waals surface area contributed by atoms with Crippen LogP contribution in [0.3, 0.4) is 0 Å². The first-order chi connectivity index (χ1) is 16.8. The summed E-state index contributed by atoms with van der Waals surface area (Å²) in [5.74, 6) is 1.20. The van der Waals surface area contributed by atoms with Crippen molar-refractivity contribution in [1.29, 1.82) is 0 Å².